The molecule has 0 aliphatic rings. The number of carbonyl (C=O) groups is 2. The summed E-state index contributed by atoms with van der Waals surface area (Å²) in [6.07, 6.45) is 6.34. The number of anilines is 3. The predicted molar refractivity (Wildman–Crippen MR) is 147 cm³/mol. The van der Waals surface area contributed by atoms with Crippen molar-refractivity contribution in [3.63, 3.8) is 0 Å². The molecule has 2 heterocycles. The molecule has 2 aromatic heterocycles. The molecule has 210 valence electrons. The summed E-state index contributed by atoms with van der Waals surface area (Å²) in [6, 6.07) is 6.41. The Labute approximate surface area is 223 Å². The SMILES string of the molecule is CCCC(CNc1ncccc1N)C(=O)OCC.CCCC(CNc1ncccc1[N+](=O)[O-])C(=O)OCC. The van der Waals surface area contributed by atoms with Gasteiger partial charge in [-0.3, -0.25) is 19.7 Å². The van der Waals surface area contributed by atoms with Gasteiger partial charge in [0.2, 0.25) is 5.82 Å². The first-order chi connectivity index (χ1) is 18.3. The van der Waals surface area contributed by atoms with Crippen LogP contribution in [0.15, 0.2) is 36.7 Å². The van der Waals surface area contributed by atoms with Crippen molar-refractivity contribution >= 4 is 34.9 Å². The highest BCUT2D eigenvalue weighted by atomic mass is 16.6. The molecule has 0 bridgehead atoms. The molecule has 0 saturated carbocycles. The number of hydrogen-bond acceptors (Lipinski definition) is 11. The molecule has 0 amide bonds. The van der Waals surface area contributed by atoms with E-state index in [4.69, 9.17) is 15.2 Å². The van der Waals surface area contributed by atoms with Crippen LogP contribution in [0.1, 0.15) is 53.4 Å². The molecule has 12 heteroatoms. The minimum Gasteiger partial charge on any atom is -0.466 e. The number of nitro groups is 1. The van der Waals surface area contributed by atoms with E-state index in [0.29, 0.717) is 37.7 Å². The van der Waals surface area contributed by atoms with Crippen LogP contribution in [0, 0.1) is 22.0 Å². The smallest absolute Gasteiger partial charge is 0.311 e. The maximum Gasteiger partial charge on any atom is 0.311 e. The normalized spacial score (nSPS) is 11.8. The lowest BCUT2D eigenvalue weighted by Gasteiger charge is -2.16. The lowest BCUT2D eigenvalue weighted by Crippen LogP contribution is -2.25. The summed E-state index contributed by atoms with van der Waals surface area (Å²) >= 11 is 0. The molecular weight excluding hydrogens is 492 g/mol. The second-order valence-corrected chi connectivity index (χ2v) is 8.31. The molecule has 0 aromatic carbocycles. The van der Waals surface area contributed by atoms with Gasteiger partial charge in [-0.05, 0) is 44.9 Å². The highest BCUT2D eigenvalue weighted by Crippen LogP contribution is 2.21. The number of nitrogens with zero attached hydrogens (tertiary/aromatic N) is 3. The Kier molecular flexibility index (Phi) is 15.5. The number of rotatable bonds is 15. The number of nitrogen functional groups attached to an aromatic ring is 1. The van der Waals surface area contributed by atoms with Crippen molar-refractivity contribution in [1.82, 2.24) is 9.97 Å². The van der Waals surface area contributed by atoms with Gasteiger partial charge in [0.05, 0.1) is 35.7 Å². The summed E-state index contributed by atoms with van der Waals surface area (Å²) in [4.78, 5) is 41.9. The molecule has 38 heavy (non-hydrogen) atoms. The van der Waals surface area contributed by atoms with Gasteiger partial charge >= 0.3 is 17.6 Å². The quantitative estimate of drug-likeness (QED) is 0.168. The summed E-state index contributed by atoms with van der Waals surface area (Å²) in [5.41, 5.74) is 6.25. The van der Waals surface area contributed by atoms with E-state index in [0.717, 1.165) is 19.3 Å². The molecule has 0 aliphatic carbocycles. The third kappa shape index (κ3) is 11.4. The third-order valence-corrected chi connectivity index (χ3v) is 5.37. The first-order valence-electron chi connectivity index (χ1n) is 12.9. The second kappa shape index (κ2) is 18.3. The van der Waals surface area contributed by atoms with Crippen LogP contribution in [-0.4, -0.2) is 53.1 Å². The molecule has 2 aromatic rings. The zero-order valence-corrected chi connectivity index (χ0v) is 22.6. The van der Waals surface area contributed by atoms with E-state index in [1.54, 1.807) is 25.3 Å². The van der Waals surface area contributed by atoms with Crippen LogP contribution in [0.5, 0.6) is 0 Å². The number of aromatic nitrogens is 2. The zero-order valence-electron chi connectivity index (χ0n) is 22.6. The lowest BCUT2D eigenvalue weighted by molar-refractivity contribution is -0.384. The van der Waals surface area contributed by atoms with Gasteiger partial charge in [0.25, 0.3) is 0 Å². The zero-order chi connectivity index (χ0) is 28.3. The van der Waals surface area contributed by atoms with E-state index in [1.165, 1.54) is 18.3 Å². The standard InChI is InChI=1S/C13H19N3O4.C13H21N3O2/c1-3-6-10(13(17)20-4-2)9-15-12-11(16(18)19)7-5-8-14-12;1-3-6-10(13(17)18-4-2)9-16-12-11(14)7-5-8-15-12/h5,7-8,10H,3-4,6,9H2,1-2H3,(H,14,15);5,7-8,10H,3-4,6,9,14H2,1-2H3,(H,15,16). The summed E-state index contributed by atoms with van der Waals surface area (Å²) in [6.45, 7) is 9.06. The summed E-state index contributed by atoms with van der Waals surface area (Å²) in [7, 11) is 0. The number of nitrogens with two attached hydrogens (primary N) is 1. The van der Waals surface area contributed by atoms with Gasteiger partial charge in [0.15, 0.2) is 0 Å². The molecule has 2 atom stereocenters. The topological polar surface area (TPSA) is 172 Å². The van der Waals surface area contributed by atoms with Crippen LogP contribution in [0.2, 0.25) is 0 Å². The van der Waals surface area contributed by atoms with Gasteiger partial charge in [-0.15, -0.1) is 0 Å². The van der Waals surface area contributed by atoms with Crippen molar-refractivity contribution in [2.24, 2.45) is 11.8 Å². The highest BCUT2D eigenvalue weighted by Gasteiger charge is 2.21. The maximum absolute atomic E-state index is 11.8. The summed E-state index contributed by atoms with van der Waals surface area (Å²) < 4.78 is 10.0. The van der Waals surface area contributed by atoms with E-state index in [1.807, 2.05) is 20.8 Å². The monoisotopic (exact) mass is 532 g/mol. The molecule has 0 aliphatic heterocycles. The van der Waals surface area contributed by atoms with E-state index < -0.39 is 4.92 Å². The van der Waals surface area contributed by atoms with E-state index in [9.17, 15) is 19.7 Å². The molecule has 4 N–H and O–H groups in total. The Morgan fingerprint density at radius 1 is 0.895 bits per heavy atom. The van der Waals surface area contributed by atoms with Crippen LogP contribution in [-0.2, 0) is 19.1 Å². The Hall–Kier alpha value is -3.96. The lowest BCUT2D eigenvalue weighted by atomic mass is 10.0. The van der Waals surface area contributed by atoms with Gasteiger partial charge in [-0.25, -0.2) is 9.97 Å². The Bertz CT molecular complexity index is 1010. The molecule has 0 saturated heterocycles. The fourth-order valence-electron chi connectivity index (χ4n) is 3.51. The van der Waals surface area contributed by atoms with Crippen molar-refractivity contribution in [1.29, 1.82) is 0 Å². The molecule has 2 unspecified atom stereocenters. The second-order valence-electron chi connectivity index (χ2n) is 8.31. The molecule has 12 nitrogen and oxygen atoms in total. The molecular formula is C26H40N6O6. The average molecular weight is 533 g/mol. The minimum atomic E-state index is -0.505. The fourth-order valence-corrected chi connectivity index (χ4v) is 3.51. The van der Waals surface area contributed by atoms with Gasteiger partial charge in [-0.1, -0.05) is 26.7 Å². The third-order valence-electron chi connectivity index (χ3n) is 5.37. The Balaban J connectivity index is 0.000000382. The van der Waals surface area contributed by atoms with Crippen molar-refractivity contribution in [3.05, 3.63) is 46.8 Å². The number of hydrogen-bond donors (Lipinski definition) is 3. The molecule has 0 spiro atoms. The van der Waals surface area contributed by atoms with Crippen molar-refractivity contribution in [2.45, 2.75) is 53.4 Å². The fraction of sp³-hybridized carbons (Fsp3) is 0.538. The summed E-state index contributed by atoms with van der Waals surface area (Å²) in [5.74, 6) is -0.162. The molecule has 0 fully saturated rings. The van der Waals surface area contributed by atoms with E-state index in [-0.39, 0.29) is 41.8 Å². The maximum atomic E-state index is 11.8. The average Bonchev–Trinajstić information content (AvgIpc) is 2.90. The predicted octanol–water partition coefficient (Wildman–Crippen LogP) is 4.44. The van der Waals surface area contributed by atoms with Crippen molar-refractivity contribution < 1.29 is 24.0 Å². The van der Waals surface area contributed by atoms with Gasteiger partial charge < -0.3 is 25.8 Å². The van der Waals surface area contributed by atoms with E-state index in [2.05, 4.69) is 20.6 Å². The highest BCUT2D eigenvalue weighted by molar-refractivity contribution is 5.74. The largest absolute Gasteiger partial charge is 0.466 e. The van der Waals surface area contributed by atoms with Crippen LogP contribution < -0.4 is 16.4 Å². The number of esters is 2. The van der Waals surface area contributed by atoms with Crippen molar-refractivity contribution in [3.8, 4) is 0 Å². The van der Waals surface area contributed by atoms with E-state index >= 15 is 0 Å². The number of pyridine rings is 2. The number of ether oxygens (including phenoxy) is 2. The van der Waals surface area contributed by atoms with Crippen LogP contribution in [0.25, 0.3) is 0 Å². The van der Waals surface area contributed by atoms with Gasteiger partial charge in [-0.2, -0.15) is 0 Å². The van der Waals surface area contributed by atoms with Gasteiger partial charge in [0, 0.05) is 31.5 Å². The van der Waals surface area contributed by atoms with Crippen molar-refractivity contribution in [2.75, 3.05) is 42.7 Å². The molecule has 0 radical (unpaired) electrons. The molecule has 2 rings (SSSR count). The van der Waals surface area contributed by atoms with Gasteiger partial charge in [0.1, 0.15) is 5.82 Å². The summed E-state index contributed by atoms with van der Waals surface area (Å²) in [5, 5.41) is 16.8. The van der Waals surface area contributed by atoms with Crippen LogP contribution in [0.3, 0.4) is 0 Å². The Morgan fingerprint density at radius 3 is 1.82 bits per heavy atom. The number of nitrogens with one attached hydrogen (secondary N) is 2. The first kappa shape index (κ1) is 32.1. The number of carbonyl (C=O) groups excluding carboxylic acids is 2. The van der Waals surface area contributed by atoms with Crippen LogP contribution >= 0.6 is 0 Å². The first-order valence-corrected chi connectivity index (χ1v) is 12.9. The minimum absolute atomic E-state index is 0.105. The van der Waals surface area contributed by atoms with Crippen LogP contribution in [0.4, 0.5) is 23.0 Å². The Morgan fingerprint density at radius 2 is 1.37 bits per heavy atom.